The first-order valence-corrected chi connectivity index (χ1v) is 18.6. The Morgan fingerprint density at radius 3 is 1.96 bits per heavy atom. The molecule has 0 saturated heterocycles. The average Bonchev–Trinajstić information content (AvgIpc) is 3.89. The largest absolute Gasteiger partial charge is 0.455 e. The van der Waals surface area contributed by atoms with E-state index < -0.39 is 0 Å². The zero-order valence-electron chi connectivity index (χ0n) is 27.1. The van der Waals surface area contributed by atoms with Crippen LogP contribution in [0.1, 0.15) is 0 Å². The van der Waals surface area contributed by atoms with Gasteiger partial charge in [-0.05, 0) is 52.1 Å². The summed E-state index contributed by atoms with van der Waals surface area (Å²) in [5, 5.41) is 6.06. The summed E-state index contributed by atoms with van der Waals surface area (Å²) in [5.74, 6) is 0. The smallest absolute Gasteiger partial charge is 0.143 e. The summed E-state index contributed by atoms with van der Waals surface area (Å²) in [5.41, 5.74) is 11.8. The van der Waals surface area contributed by atoms with Crippen molar-refractivity contribution < 1.29 is 4.42 Å². The second-order valence-corrected chi connectivity index (χ2v) is 15.0. The zero-order valence-corrected chi connectivity index (χ0v) is 28.8. The van der Waals surface area contributed by atoms with Crippen molar-refractivity contribution in [3.63, 3.8) is 0 Å². The van der Waals surface area contributed by atoms with Crippen LogP contribution in [-0.4, -0.2) is 9.97 Å². The molecular weight excluding hydrogens is 661 g/mol. The van der Waals surface area contributed by atoms with Gasteiger partial charge in [-0.1, -0.05) is 127 Å². The van der Waals surface area contributed by atoms with Gasteiger partial charge in [0.25, 0.3) is 0 Å². The van der Waals surface area contributed by atoms with Crippen LogP contribution in [0.4, 0.5) is 0 Å². The van der Waals surface area contributed by atoms with Crippen LogP contribution >= 0.6 is 22.7 Å². The maximum Gasteiger partial charge on any atom is 0.143 e. The second-order valence-electron chi connectivity index (χ2n) is 12.9. The van der Waals surface area contributed by atoms with Gasteiger partial charge >= 0.3 is 0 Å². The molecule has 51 heavy (non-hydrogen) atoms. The van der Waals surface area contributed by atoms with E-state index in [1.54, 1.807) is 11.3 Å². The molecule has 0 fully saturated rings. The molecule has 0 radical (unpaired) electrons. The maximum atomic E-state index is 6.31. The molecule has 11 rings (SSSR count). The van der Waals surface area contributed by atoms with Crippen molar-refractivity contribution in [2.45, 2.75) is 0 Å². The van der Waals surface area contributed by atoms with Crippen LogP contribution in [0.3, 0.4) is 0 Å². The van der Waals surface area contributed by atoms with E-state index in [9.17, 15) is 0 Å². The normalized spacial score (nSPS) is 11.9. The summed E-state index contributed by atoms with van der Waals surface area (Å²) >= 11 is 3.56. The average molecular weight is 687 g/mol. The lowest BCUT2D eigenvalue weighted by Gasteiger charge is -2.07. The number of hydrogen-bond donors (Lipinski definition) is 0. The molecule has 0 unspecified atom stereocenters. The summed E-state index contributed by atoms with van der Waals surface area (Å²) in [6.45, 7) is 0. The molecule has 4 aromatic heterocycles. The van der Waals surface area contributed by atoms with E-state index in [1.165, 1.54) is 36.0 Å². The zero-order chi connectivity index (χ0) is 33.5. The fraction of sp³-hybridized carbons (Fsp3) is 0. The van der Waals surface area contributed by atoms with Gasteiger partial charge in [-0.25, -0.2) is 4.98 Å². The van der Waals surface area contributed by atoms with Crippen LogP contribution in [0.2, 0.25) is 0 Å². The fourth-order valence-electron chi connectivity index (χ4n) is 7.47. The summed E-state index contributed by atoms with van der Waals surface area (Å²) in [4.78, 5) is 11.0. The fourth-order valence-corrected chi connectivity index (χ4v) is 9.72. The van der Waals surface area contributed by atoms with Crippen molar-refractivity contribution in [1.29, 1.82) is 0 Å². The van der Waals surface area contributed by atoms with Crippen LogP contribution in [0.25, 0.3) is 107 Å². The van der Waals surface area contributed by atoms with Gasteiger partial charge in [0.15, 0.2) is 0 Å². The van der Waals surface area contributed by atoms with Gasteiger partial charge in [-0.3, -0.25) is 4.98 Å². The summed E-state index contributed by atoms with van der Waals surface area (Å²) in [6.07, 6.45) is 1.91. The highest BCUT2D eigenvalue weighted by Gasteiger charge is 2.15. The molecule has 0 aliphatic rings. The van der Waals surface area contributed by atoms with E-state index in [0.29, 0.717) is 0 Å². The molecule has 0 spiro atoms. The lowest BCUT2D eigenvalue weighted by atomic mass is 9.98. The number of rotatable bonds is 4. The van der Waals surface area contributed by atoms with E-state index in [2.05, 4.69) is 140 Å². The Morgan fingerprint density at radius 2 is 1.10 bits per heavy atom. The Balaban J connectivity index is 0.905. The number of hydrogen-bond acceptors (Lipinski definition) is 5. The first-order valence-electron chi connectivity index (χ1n) is 17.0. The highest BCUT2D eigenvalue weighted by atomic mass is 32.1. The molecule has 0 atom stereocenters. The Kier molecular flexibility index (Phi) is 6.29. The standard InChI is InChI=1S/C46H26N2OS2/c1-3-13-40-34(7-1)36-11-5-9-32(44(36)49-40)28-17-15-27(16-18-28)31-23-24-42-38(25-31)43-46(51-42)48-39(26-47-43)30-21-19-29(20-22-30)33-10-6-12-37-35-8-2-4-14-41(35)50-45(33)37/h1-26H. The van der Waals surface area contributed by atoms with Crippen molar-refractivity contribution in [2.75, 3.05) is 0 Å². The SMILES string of the molecule is c1ccc2c(c1)oc1c(-c3ccc(-c4ccc5sc6nc(-c7ccc(-c8cccc9c8sc8ccccc89)cc7)cnc6c5c4)cc3)cccc12. The molecule has 0 N–H and O–H groups in total. The van der Waals surface area contributed by atoms with Crippen molar-refractivity contribution in [3.8, 4) is 44.6 Å². The van der Waals surface area contributed by atoms with Crippen LogP contribution in [0.15, 0.2) is 162 Å². The predicted molar refractivity (Wildman–Crippen MR) is 217 cm³/mol. The first kappa shape index (κ1) is 28.7. The molecule has 0 saturated carbocycles. The third kappa shape index (κ3) is 4.56. The van der Waals surface area contributed by atoms with E-state index in [0.717, 1.165) is 71.2 Å². The molecule has 4 heterocycles. The number of para-hydroxylation sites is 2. The van der Waals surface area contributed by atoms with Crippen LogP contribution in [0.5, 0.6) is 0 Å². The molecule has 7 aromatic carbocycles. The van der Waals surface area contributed by atoms with E-state index in [-0.39, 0.29) is 0 Å². The second kappa shape index (κ2) is 11.2. The minimum absolute atomic E-state index is 0.885. The lowest BCUT2D eigenvalue weighted by molar-refractivity contribution is 0.670. The van der Waals surface area contributed by atoms with Gasteiger partial charge in [-0.15, -0.1) is 22.7 Å². The maximum absolute atomic E-state index is 6.31. The quantitative estimate of drug-likeness (QED) is 0.185. The van der Waals surface area contributed by atoms with Gasteiger partial charge in [-0.2, -0.15) is 0 Å². The molecule has 0 amide bonds. The number of thiophene rings is 2. The highest BCUT2D eigenvalue weighted by Crippen LogP contribution is 2.41. The summed E-state index contributed by atoms with van der Waals surface area (Å²) in [7, 11) is 0. The van der Waals surface area contributed by atoms with Crippen LogP contribution < -0.4 is 0 Å². The van der Waals surface area contributed by atoms with Gasteiger partial charge < -0.3 is 4.42 Å². The topological polar surface area (TPSA) is 38.9 Å². The Morgan fingerprint density at radius 1 is 0.451 bits per heavy atom. The molecule has 238 valence electrons. The number of nitrogens with zero attached hydrogens (tertiary/aromatic N) is 2. The summed E-state index contributed by atoms with van der Waals surface area (Å²) < 4.78 is 10.1. The Hall–Kier alpha value is -6.14. The molecule has 0 bridgehead atoms. The molecule has 5 heteroatoms. The van der Waals surface area contributed by atoms with Crippen LogP contribution in [0, 0.1) is 0 Å². The van der Waals surface area contributed by atoms with Crippen molar-refractivity contribution in [2.24, 2.45) is 0 Å². The monoisotopic (exact) mass is 686 g/mol. The molecule has 11 aromatic rings. The third-order valence-electron chi connectivity index (χ3n) is 10.0. The Labute approximate surface area is 300 Å². The highest BCUT2D eigenvalue weighted by molar-refractivity contribution is 7.26. The van der Waals surface area contributed by atoms with Crippen LogP contribution in [-0.2, 0) is 0 Å². The third-order valence-corrected chi connectivity index (χ3v) is 12.3. The van der Waals surface area contributed by atoms with E-state index in [1.807, 2.05) is 29.7 Å². The van der Waals surface area contributed by atoms with E-state index in [4.69, 9.17) is 14.4 Å². The van der Waals surface area contributed by atoms with Crippen molar-refractivity contribution in [1.82, 2.24) is 9.97 Å². The number of furan rings is 1. The minimum Gasteiger partial charge on any atom is -0.455 e. The molecule has 0 aliphatic carbocycles. The van der Waals surface area contributed by atoms with Gasteiger partial charge in [0.05, 0.1) is 11.9 Å². The number of fused-ring (bicyclic) bond motifs is 9. The number of aromatic nitrogens is 2. The minimum atomic E-state index is 0.885. The lowest BCUT2D eigenvalue weighted by Crippen LogP contribution is -1.87. The molecular formula is C46H26N2OS2. The first-order chi connectivity index (χ1) is 25.2. The van der Waals surface area contributed by atoms with E-state index >= 15 is 0 Å². The van der Waals surface area contributed by atoms with Crippen molar-refractivity contribution in [3.05, 3.63) is 158 Å². The molecule has 0 aliphatic heterocycles. The molecule has 3 nitrogen and oxygen atoms in total. The van der Waals surface area contributed by atoms with Gasteiger partial charge in [0.2, 0.25) is 0 Å². The van der Waals surface area contributed by atoms with Gasteiger partial charge in [0.1, 0.15) is 21.5 Å². The number of benzene rings is 7. The Bertz CT molecular complexity index is 3130. The predicted octanol–water partition coefficient (Wildman–Crippen LogP) is 13.8. The van der Waals surface area contributed by atoms with Crippen molar-refractivity contribution >= 4 is 85.2 Å². The summed E-state index contributed by atoms with van der Waals surface area (Å²) in [6, 6.07) is 54.1. The van der Waals surface area contributed by atoms with Gasteiger partial charge in [0, 0.05) is 52.2 Å².